The lowest BCUT2D eigenvalue weighted by Crippen LogP contribution is -2.40. The van der Waals surface area contributed by atoms with Gasteiger partial charge in [0, 0.05) is 12.3 Å². The van der Waals surface area contributed by atoms with E-state index in [4.69, 9.17) is 9.47 Å². The summed E-state index contributed by atoms with van der Waals surface area (Å²) in [6.07, 6.45) is 4.54. The number of carbonyl (C=O) groups excluding carboxylic acids is 2. The molecule has 3 N–H and O–H groups in total. The predicted molar refractivity (Wildman–Crippen MR) is 89.6 cm³/mol. The fourth-order valence-electron chi connectivity index (χ4n) is 1.93. The highest BCUT2D eigenvalue weighted by atomic mass is 16.5. The molecule has 2 amide bonds. The molecule has 7 heteroatoms. The van der Waals surface area contributed by atoms with Crippen LogP contribution in [0.5, 0.6) is 11.5 Å². The van der Waals surface area contributed by atoms with Gasteiger partial charge in [0.05, 0.1) is 13.7 Å². The Morgan fingerprint density at radius 3 is 2.71 bits per heavy atom. The molecule has 0 aliphatic rings. The van der Waals surface area contributed by atoms with E-state index in [1.165, 1.54) is 6.08 Å². The first-order valence-electron chi connectivity index (χ1n) is 7.36. The number of aromatic amines is 1. The molecular weight excluding hydrogens is 310 g/mol. The van der Waals surface area contributed by atoms with E-state index in [1.807, 2.05) is 6.92 Å². The van der Waals surface area contributed by atoms with Gasteiger partial charge >= 0.3 is 0 Å². The molecular formula is C17H19N3O4. The number of aromatic nitrogens is 1. The van der Waals surface area contributed by atoms with Gasteiger partial charge in [0.1, 0.15) is 5.69 Å². The Labute approximate surface area is 139 Å². The maximum Gasteiger partial charge on any atom is 0.286 e. The Morgan fingerprint density at radius 1 is 1.21 bits per heavy atom. The fraction of sp³-hybridized carbons (Fsp3) is 0.176. The highest BCUT2D eigenvalue weighted by molar-refractivity contribution is 5.96. The number of hydrazine groups is 1. The topological polar surface area (TPSA) is 92.5 Å². The van der Waals surface area contributed by atoms with E-state index in [0.29, 0.717) is 23.8 Å². The van der Waals surface area contributed by atoms with E-state index in [1.54, 1.807) is 49.7 Å². The third-order valence-corrected chi connectivity index (χ3v) is 3.06. The lowest BCUT2D eigenvalue weighted by atomic mass is 10.2. The largest absolute Gasteiger partial charge is 0.493 e. The molecule has 24 heavy (non-hydrogen) atoms. The lowest BCUT2D eigenvalue weighted by Gasteiger charge is -2.09. The summed E-state index contributed by atoms with van der Waals surface area (Å²) in [5.41, 5.74) is 5.73. The average Bonchev–Trinajstić information content (AvgIpc) is 3.13. The van der Waals surface area contributed by atoms with Crippen molar-refractivity contribution < 1.29 is 19.1 Å². The smallest absolute Gasteiger partial charge is 0.286 e. The standard InChI is InChI=1S/C17H19N3O4/c1-3-24-14-8-6-12(11-15(14)23-2)7-9-16(21)19-20-17(22)13-5-4-10-18-13/h4-11,18H,3H2,1-2H3,(H,19,21)(H,20,22)/b9-7+. The molecule has 0 fully saturated rings. The second kappa shape index (κ2) is 8.42. The van der Waals surface area contributed by atoms with Crippen LogP contribution in [0.4, 0.5) is 0 Å². The second-order valence-corrected chi connectivity index (χ2v) is 4.70. The Balaban J connectivity index is 1.92. The monoisotopic (exact) mass is 329 g/mol. The van der Waals surface area contributed by atoms with E-state index < -0.39 is 11.8 Å². The van der Waals surface area contributed by atoms with Crippen molar-refractivity contribution >= 4 is 17.9 Å². The minimum atomic E-state index is -0.456. The third kappa shape index (κ3) is 4.64. The van der Waals surface area contributed by atoms with Gasteiger partial charge in [-0.15, -0.1) is 0 Å². The molecule has 0 aliphatic heterocycles. The van der Waals surface area contributed by atoms with Crippen LogP contribution in [0.25, 0.3) is 6.08 Å². The number of nitrogens with one attached hydrogen (secondary N) is 3. The first kappa shape index (κ1) is 17.1. The van der Waals surface area contributed by atoms with Gasteiger partial charge in [0.25, 0.3) is 11.8 Å². The zero-order valence-electron chi connectivity index (χ0n) is 13.5. The predicted octanol–water partition coefficient (Wildman–Crippen LogP) is 1.90. The number of ether oxygens (including phenoxy) is 2. The van der Waals surface area contributed by atoms with E-state index in [2.05, 4.69) is 15.8 Å². The van der Waals surface area contributed by atoms with Crippen LogP contribution in [0, 0.1) is 0 Å². The van der Waals surface area contributed by atoms with Gasteiger partial charge in [-0.05, 0) is 42.8 Å². The molecule has 1 heterocycles. The SMILES string of the molecule is CCOc1ccc(/C=C/C(=O)NNC(=O)c2ccc[nH]2)cc1OC. The molecule has 0 unspecified atom stereocenters. The molecule has 1 aromatic heterocycles. The number of hydrogen-bond acceptors (Lipinski definition) is 4. The molecule has 0 bridgehead atoms. The van der Waals surface area contributed by atoms with Crippen molar-refractivity contribution in [1.82, 2.24) is 15.8 Å². The minimum Gasteiger partial charge on any atom is -0.493 e. The number of H-pyrrole nitrogens is 1. The number of amides is 2. The van der Waals surface area contributed by atoms with E-state index >= 15 is 0 Å². The Kier molecular flexibility index (Phi) is 6.01. The normalized spacial score (nSPS) is 10.4. The van der Waals surface area contributed by atoms with Crippen molar-refractivity contribution in [2.45, 2.75) is 6.92 Å². The molecule has 2 rings (SSSR count). The van der Waals surface area contributed by atoms with Crippen molar-refractivity contribution in [1.29, 1.82) is 0 Å². The fourth-order valence-corrected chi connectivity index (χ4v) is 1.93. The van der Waals surface area contributed by atoms with E-state index in [9.17, 15) is 9.59 Å². The summed E-state index contributed by atoms with van der Waals surface area (Å²) in [6, 6.07) is 8.62. The van der Waals surface area contributed by atoms with Crippen molar-refractivity contribution in [2.24, 2.45) is 0 Å². The molecule has 0 saturated carbocycles. The van der Waals surface area contributed by atoms with Crippen LogP contribution < -0.4 is 20.3 Å². The highest BCUT2D eigenvalue weighted by Gasteiger charge is 2.06. The first-order valence-corrected chi connectivity index (χ1v) is 7.36. The molecule has 7 nitrogen and oxygen atoms in total. The molecule has 0 aliphatic carbocycles. The van der Waals surface area contributed by atoms with Gasteiger partial charge in [0.2, 0.25) is 0 Å². The van der Waals surface area contributed by atoms with Crippen LogP contribution >= 0.6 is 0 Å². The number of methoxy groups -OCH3 is 1. The first-order chi connectivity index (χ1) is 11.6. The summed E-state index contributed by atoms with van der Waals surface area (Å²) in [4.78, 5) is 26.1. The summed E-state index contributed by atoms with van der Waals surface area (Å²) in [5, 5.41) is 0. The summed E-state index contributed by atoms with van der Waals surface area (Å²) < 4.78 is 10.7. The second-order valence-electron chi connectivity index (χ2n) is 4.70. The van der Waals surface area contributed by atoms with Gasteiger partial charge < -0.3 is 14.5 Å². The van der Waals surface area contributed by atoms with Crippen molar-refractivity contribution in [2.75, 3.05) is 13.7 Å². The summed E-state index contributed by atoms with van der Waals surface area (Å²) in [7, 11) is 1.55. The molecule has 2 aromatic rings. The number of carbonyl (C=O) groups is 2. The van der Waals surface area contributed by atoms with Gasteiger partial charge in [-0.2, -0.15) is 0 Å². The van der Waals surface area contributed by atoms with Crippen LogP contribution in [-0.2, 0) is 4.79 Å². The van der Waals surface area contributed by atoms with Crippen LogP contribution in [0.2, 0.25) is 0 Å². The quantitative estimate of drug-likeness (QED) is 0.557. The average molecular weight is 329 g/mol. The van der Waals surface area contributed by atoms with Crippen molar-refractivity contribution in [3.8, 4) is 11.5 Å². The zero-order chi connectivity index (χ0) is 17.4. The number of benzene rings is 1. The molecule has 0 radical (unpaired) electrons. The van der Waals surface area contributed by atoms with Crippen LogP contribution in [0.1, 0.15) is 23.0 Å². The number of hydrogen-bond donors (Lipinski definition) is 3. The molecule has 1 aromatic carbocycles. The third-order valence-electron chi connectivity index (χ3n) is 3.06. The molecule has 0 spiro atoms. The Morgan fingerprint density at radius 2 is 2.04 bits per heavy atom. The van der Waals surface area contributed by atoms with Gasteiger partial charge in [-0.25, -0.2) is 0 Å². The van der Waals surface area contributed by atoms with Crippen molar-refractivity contribution in [3.05, 3.63) is 53.9 Å². The zero-order valence-corrected chi connectivity index (χ0v) is 13.5. The van der Waals surface area contributed by atoms with Crippen LogP contribution in [0.3, 0.4) is 0 Å². The van der Waals surface area contributed by atoms with E-state index in [0.717, 1.165) is 5.56 Å². The van der Waals surface area contributed by atoms with Crippen molar-refractivity contribution in [3.63, 3.8) is 0 Å². The Bertz CT molecular complexity index is 723. The Hall–Kier alpha value is -3.22. The van der Waals surface area contributed by atoms with Gasteiger partial charge in [-0.1, -0.05) is 6.07 Å². The molecule has 126 valence electrons. The van der Waals surface area contributed by atoms with Crippen LogP contribution in [-0.4, -0.2) is 30.5 Å². The maximum absolute atomic E-state index is 11.7. The molecule has 0 atom stereocenters. The highest BCUT2D eigenvalue weighted by Crippen LogP contribution is 2.28. The maximum atomic E-state index is 11.7. The van der Waals surface area contributed by atoms with Gasteiger partial charge in [0.15, 0.2) is 11.5 Å². The summed E-state index contributed by atoms with van der Waals surface area (Å²) in [6.45, 7) is 2.42. The summed E-state index contributed by atoms with van der Waals surface area (Å²) in [5.74, 6) is 0.339. The minimum absolute atomic E-state index is 0.357. The summed E-state index contributed by atoms with van der Waals surface area (Å²) >= 11 is 0. The van der Waals surface area contributed by atoms with E-state index in [-0.39, 0.29) is 0 Å². The van der Waals surface area contributed by atoms with Gasteiger partial charge in [-0.3, -0.25) is 20.4 Å². The number of rotatable bonds is 6. The lowest BCUT2D eigenvalue weighted by molar-refractivity contribution is -0.117. The molecule has 0 saturated heterocycles. The van der Waals surface area contributed by atoms with Crippen LogP contribution in [0.15, 0.2) is 42.6 Å².